The van der Waals surface area contributed by atoms with Crippen LogP contribution in [0.3, 0.4) is 0 Å². The predicted molar refractivity (Wildman–Crippen MR) is 65.6 cm³/mol. The highest BCUT2D eigenvalue weighted by molar-refractivity contribution is 5.90. The van der Waals surface area contributed by atoms with E-state index in [9.17, 15) is 14.4 Å². The van der Waals surface area contributed by atoms with Crippen LogP contribution >= 0.6 is 0 Å². The molecule has 8 heteroatoms. The van der Waals surface area contributed by atoms with Crippen LogP contribution in [0.4, 0.5) is 4.79 Å². The molecule has 8 nitrogen and oxygen atoms in total. The lowest BCUT2D eigenvalue weighted by atomic mass is 10.1. The molecule has 0 saturated carbocycles. The molecule has 1 aliphatic heterocycles. The molecule has 0 aliphatic carbocycles. The molecule has 1 unspecified atom stereocenters. The van der Waals surface area contributed by atoms with E-state index in [2.05, 4.69) is 10.6 Å². The molecule has 1 fully saturated rings. The fourth-order valence-electron chi connectivity index (χ4n) is 1.83. The van der Waals surface area contributed by atoms with Crippen molar-refractivity contribution >= 4 is 17.9 Å². The van der Waals surface area contributed by atoms with Crippen LogP contribution < -0.4 is 10.6 Å². The van der Waals surface area contributed by atoms with Crippen molar-refractivity contribution in [2.24, 2.45) is 0 Å². The predicted octanol–water partition coefficient (Wildman–Crippen LogP) is -0.994. The van der Waals surface area contributed by atoms with E-state index in [4.69, 9.17) is 9.84 Å². The van der Waals surface area contributed by atoms with Gasteiger partial charge in [0.05, 0.1) is 12.1 Å². The topological polar surface area (TPSA) is 108 Å². The van der Waals surface area contributed by atoms with Gasteiger partial charge in [0, 0.05) is 13.7 Å². The number of carboxylic acids is 1. The minimum Gasteiger partial charge on any atom is -0.480 e. The average Bonchev–Trinajstić information content (AvgIpc) is 2.27. The normalized spacial score (nSPS) is 19.8. The van der Waals surface area contributed by atoms with Crippen molar-refractivity contribution < 1.29 is 24.2 Å². The fraction of sp³-hybridized carbons (Fsp3) is 0.727. The number of aliphatic carboxylic acids is 1. The molecule has 3 N–H and O–H groups in total. The summed E-state index contributed by atoms with van der Waals surface area (Å²) in [5, 5.41) is 14.1. The number of carbonyl (C=O) groups excluding carboxylic acids is 2. The Morgan fingerprint density at radius 3 is 2.74 bits per heavy atom. The first-order chi connectivity index (χ1) is 8.76. The molecular weight excluding hydrogens is 254 g/mol. The van der Waals surface area contributed by atoms with Crippen LogP contribution in [0, 0.1) is 0 Å². The van der Waals surface area contributed by atoms with Gasteiger partial charge < -0.3 is 20.5 Å². The zero-order chi connectivity index (χ0) is 14.6. The maximum absolute atomic E-state index is 12.1. The van der Waals surface area contributed by atoms with Gasteiger partial charge in [-0.25, -0.2) is 9.59 Å². The van der Waals surface area contributed by atoms with Gasteiger partial charge in [0.25, 0.3) is 0 Å². The maximum Gasteiger partial charge on any atom is 0.328 e. The smallest absolute Gasteiger partial charge is 0.328 e. The average molecular weight is 273 g/mol. The first kappa shape index (κ1) is 15.2. The van der Waals surface area contributed by atoms with Crippen LogP contribution in [-0.2, 0) is 14.3 Å². The molecule has 19 heavy (non-hydrogen) atoms. The number of carbonyl (C=O) groups is 3. The molecule has 0 radical (unpaired) electrons. The summed E-state index contributed by atoms with van der Waals surface area (Å²) in [6.45, 7) is 3.40. The molecule has 0 aromatic rings. The van der Waals surface area contributed by atoms with Crippen molar-refractivity contribution in [2.75, 3.05) is 26.8 Å². The van der Waals surface area contributed by atoms with E-state index in [1.54, 1.807) is 13.8 Å². The summed E-state index contributed by atoms with van der Waals surface area (Å²) in [5.41, 5.74) is -0.650. The third-order valence-electron chi connectivity index (χ3n) is 2.68. The second kappa shape index (κ2) is 5.87. The number of nitrogens with one attached hydrogen (secondary N) is 2. The fourth-order valence-corrected chi connectivity index (χ4v) is 1.83. The molecule has 1 atom stereocenters. The number of methoxy groups -OCH3 is 1. The number of amides is 3. The molecule has 0 aromatic carbocycles. The van der Waals surface area contributed by atoms with Crippen LogP contribution in [0.5, 0.6) is 0 Å². The highest BCUT2D eigenvalue weighted by Gasteiger charge is 2.36. The molecule has 108 valence electrons. The highest BCUT2D eigenvalue weighted by atomic mass is 16.5. The molecule has 1 saturated heterocycles. The molecule has 0 spiro atoms. The van der Waals surface area contributed by atoms with Crippen molar-refractivity contribution in [2.45, 2.75) is 25.4 Å². The monoisotopic (exact) mass is 273 g/mol. The van der Waals surface area contributed by atoms with Crippen LogP contribution in [-0.4, -0.2) is 66.3 Å². The van der Waals surface area contributed by atoms with Gasteiger partial charge in [0.2, 0.25) is 5.91 Å². The van der Waals surface area contributed by atoms with E-state index in [-0.39, 0.29) is 25.6 Å². The third kappa shape index (κ3) is 4.09. The lowest BCUT2D eigenvalue weighted by Gasteiger charge is -2.35. The summed E-state index contributed by atoms with van der Waals surface area (Å²) < 4.78 is 4.96. The summed E-state index contributed by atoms with van der Waals surface area (Å²) in [4.78, 5) is 35.4. The number of rotatable bonds is 4. The summed E-state index contributed by atoms with van der Waals surface area (Å²) in [5.74, 6) is -1.53. The second-order valence-electron chi connectivity index (χ2n) is 5.03. The molecule has 1 heterocycles. The SMILES string of the molecule is COCC(C)(C)NC(=O)N1CC(=O)NCC1C(=O)O. The summed E-state index contributed by atoms with van der Waals surface area (Å²) in [6, 6.07) is -1.65. The summed E-state index contributed by atoms with van der Waals surface area (Å²) in [7, 11) is 1.50. The zero-order valence-corrected chi connectivity index (χ0v) is 11.2. The summed E-state index contributed by atoms with van der Waals surface area (Å²) >= 11 is 0. The Morgan fingerprint density at radius 1 is 1.58 bits per heavy atom. The van der Waals surface area contributed by atoms with Crippen LogP contribution in [0.2, 0.25) is 0 Å². The number of ether oxygens (including phenoxy) is 1. The minimum absolute atomic E-state index is 0.0910. The van der Waals surface area contributed by atoms with Gasteiger partial charge in [-0.05, 0) is 13.8 Å². The standard InChI is InChI=1S/C11H19N3O5/c1-11(2,6-19-3)13-10(18)14-5-8(15)12-4-7(14)9(16)17/h7H,4-6H2,1-3H3,(H,12,15)(H,13,18)(H,16,17). The molecular formula is C11H19N3O5. The van der Waals surface area contributed by atoms with Gasteiger partial charge in [-0.3, -0.25) is 9.69 Å². The lowest BCUT2D eigenvalue weighted by Crippen LogP contribution is -2.63. The number of nitrogens with zero attached hydrogens (tertiary/aromatic N) is 1. The van der Waals surface area contributed by atoms with Crippen molar-refractivity contribution in [3.8, 4) is 0 Å². The lowest BCUT2D eigenvalue weighted by molar-refractivity contribution is -0.144. The Morgan fingerprint density at radius 2 is 2.21 bits per heavy atom. The molecule has 0 bridgehead atoms. The van der Waals surface area contributed by atoms with Crippen LogP contribution in [0.1, 0.15) is 13.8 Å². The van der Waals surface area contributed by atoms with Crippen molar-refractivity contribution in [1.29, 1.82) is 0 Å². The first-order valence-electron chi connectivity index (χ1n) is 5.84. The van der Waals surface area contributed by atoms with Gasteiger partial charge in [0.1, 0.15) is 12.6 Å². The van der Waals surface area contributed by atoms with Crippen LogP contribution in [0.25, 0.3) is 0 Å². The molecule has 3 amide bonds. The largest absolute Gasteiger partial charge is 0.480 e. The number of hydrogen-bond donors (Lipinski definition) is 3. The summed E-state index contributed by atoms with van der Waals surface area (Å²) in [6.07, 6.45) is 0. The van der Waals surface area contributed by atoms with E-state index in [1.165, 1.54) is 7.11 Å². The Bertz CT molecular complexity index is 383. The third-order valence-corrected chi connectivity index (χ3v) is 2.68. The Hall–Kier alpha value is -1.83. The van der Waals surface area contributed by atoms with Gasteiger partial charge >= 0.3 is 12.0 Å². The number of carboxylic acid groups (broad SMARTS) is 1. The number of hydrogen-bond acceptors (Lipinski definition) is 4. The minimum atomic E-state index is -1.15. The second-order valence-corrected chi connectivity index (χ2v) is 5.03. The van der Waals surface area contributed by atoms with Gasteiger partial charge in [0.15, 0.2) is 0 Å². The van der Waals surface area contributed by atoms with Crippen molar-refractivity contribution in [3.63, 3.8) is 0 Å². The maximum atomic E-state index is 12.1. The molecule has 1 rings (SSSR count). The van der Waals surface area contributed by atoms with E-state index in [1.807, 2.05) is 0 Å². The Kier molecular flexibility index (Phi) is 4.71. The highest BCUT2D eigenvalue weighted by Crippen LogP contribution is 2.09. The quantitative estimate of drug-likeness (QED) is 0.609. The van der Waals surface area contributed by atoms with E-state index in [0.717, 1.165) is 4.90 Å². The first-order valence-corrected chi connectivity index (χ1v) is 5.84. The molecule has 0 aromatic heterocycles. The van der Waals surface area contributed by atoms with Crippen molar-refractivity contribution in [3.05, 3.63) is 0 Å². The Labute approximate surface area is 111 Å². The van der Waals surface area contributed by atoms with Crippen LogP contribution in [0.15, 0.2) is 0 Å². The van der Waals surface area contributed by atoms with Gasteiger partial charge in [-0.1, -0.05) is 0 Å². The van der Waals surface area contributed by atoms with E-state index < -0.39 is 23.6 Å². The van der Waals surface area contributed by atoms with E-state index in [0.29, 0.717) is 0 Å². The van der Waals surface area contributed by atoms with E-state index >= 15 is 0 Å². The molecule has 1 aliphatic rings. The van der Waals surface area contributed by atoms with Crippen molar-refractivity contribution in [1.82, 2.24) is 15.5 Å². The zero-order valence-electron chi connectivity index (χ0n) is 11.2. The Balaban J connectivity index is 2.76. The van der Waals surface area contributed by atoms with Gasteiger partial charge in [-0.2, -0.15) is 0 Å². The number of piperazine rings is 1. The van der Waals surface area contributed by atoms with Gasteiger partial charge in [-0.15, -0.1) is 0 Å². The number of urea groups is 1.